The van der Waals surface area contributed by atoms with E-state index in [1.165, 1.54) is 0 Å². The molecule has 1 aromatic heterocycles. The number of guanidine groups is 1. The highest BCUT2D eigenvalue weighted by atomic mass is 127. The predicted molar refractivity (Wildman–Crippen MR) is 136 cm³/mol. The van der Waals surface area contributed by atoms with Gasteiger partial charge in [0.05, 0.1) is 19.3 Å². The monoisotopic (exact) mass is 544 g/mol. The molecule has 9 heteroatoms. The maximum Gasteiger partial charge on any atom is 0.191 e. The van der Waals surface area contributed by atoms with Crippen molar-refractivity contribution in [1.82, 2.24) is 25.4 Å². The van der Waals surface area contributed by atoms with E-state index in [0.717, 1.165) is 61.8 Å². The van der Waals surface area contributed by atoms with Gasteiger partial charge in [0.15, 0.2) is 17.5 Å². The van der Waals surface area contributed by atoms with Crippen LogP contribution in [0.2, 0.25) is 0 Å². The number of nitrogens with zero attached hydrogens (tertiary/aromatic N) is 4. The Kier molecular flexibility index (Phi) is 13.7. The molecule has 1 unspecified atom stereocenters. The quantitative estimate of drug-likeness (QED) is 0.170. The first-order valence-electron chi connectivity index (χ1n) is 10.9. The summed E-state index contributed by atoms with van der Waals surface area (Å²) < 4.78 is 13.7. The molecule has 0 aliphatic heterocycles. The predicted octanol–water partition coefficient (Wildman–Crippen LogP) is 4.18. The summed E-state index contributed by atoms with van der Waals surface area (Å²) in [5, 5.41) is 14.5. The third-order valence-electron chi connectivity index (χ3n) is 4.57. The van der Waals surface area contributed by atoms with Gasteiger partial charge in [0.1, 0.15) is 12.7 Å². The highest BCUT2D eigenvalue weighted by Crippen LogP contribution is 2.31. The highest BCUT2D eigenvalue weighted by Gasteiger charge is 2.12. The number of nitrogens with one attached hydrogen (secondary N) is 2. The van der Waals surface area contributed by atoms with Gasteiger partial charge < -0.3 is 24.7 Å². The fourth-order valence-corrected chi connectivity index (χ4v) is 2.90. The molecule has 0 saturated carbocycles. The van der Waals surface area contributed by atoms with E-state index >= 15 is 0 Å². The van der Waals surface area contributed by atoms with Crippen LogP contribution in [0.25, 0.3) is 0 Å². The molecule has 8 nitrogen and oxygen atoms in total. The molecule has 31 heavy (non-hydrogen) atoms. The maximum atomic E-state index is 5.92. The summed E-state index contributed by atoms with van der Waals surface area (Å²) in [4.78, 5) is 4.34. The number of ether oxygens (including phenoxy) is 2. The Morgan fingerprint density at radius 2 is 1.74 bits per heavy atom. The first-order valence-corrected chi connectivity index (χ1v) is 10.9. The van der Waals surface area contributed by atoms with Crippen molar-refractivity contribution < 1.29 is 9.47 Å². The average Bonchev–Trinajstić information content (AvgIpc) is 3.28. The van der Waals surface area contributed by atoms with Crippen LogP contribution in [0.4, 0.5) is 0 Å². The van der Waals surface area contributed by atoms with Crippen LogP contribution in [0.3, 0.4) is 0 Å². The van der Waals surface area contributed by atoms with E-state index < -0.39 is 0 Å². The maximum absolute atomic E-state index is 5.92. The topological polar surface area (TPSA) is 85.6 Å². The Bertz CT molecular complexity index is 754. The average molecular weight is 544 g/mol. The van der Waals surface area contributed by atoms with Crippen molar-refractivity contribution in [2.75, 3.05) is 26.8 Å². The van der Waals surface area contributed by atoms with E-state index in [9.17, 15) is 0 Å². The fraction of sp³-hybridized carbons (Fsp3) is 0.591. The molecule has 1 atom stereocenters. The second-order valence-corrected chi connectivity index (χ2v) is 7.17. The Morgan fingerprint density at radius 1 is 1.06 bits per heavy atom. The molecule has 174 valence electrons. The third kappa shape index (κ3) is 9.75. The van der Waals surface area contributed by atoms with E-state index in [1.54, 1.807) is 19.7 Å². The summed E-state index contributed by atoms with van der Waals surface area (Å²) >= 11 is 0. The van der Waals surface area contributed by atoms with Crippen molar-refractivity contribution in [2.24, 2.45) is 4.99 Å². The minimum Gasteiger partial charge on any atom is -0.490 e. The second-order valence-electron chi connectivity index (χ2n) is 7.17. The van der Waals surface area contributed by atoms with Crippen LogP contribution in [0.1, 0.15) is 58.1 Å². The molecule has 0 saturated heterocycles. The zero-order valence-electron chi connectivity index (χ0n) is 19.1. The molecule has 0 aliphatic carbocycles. The van der Waals surface area contributed by atoms with Gasteiger partial charge in [-0.2, -0.15) is 0 Å². The molecular formula is C22H37IN6O2. The minimum atomic E-state index is 0. The number of unbranched alkanes of at least 4 members (excludes halogenated alkanes) is 1. The summed E-state index contributed by atoms with van der Waals surface area (Å²) in [5.41, 5.74) is 1.13. The van der Waals surface area contributed by atoms with Crippen molar-refractivity contribution in [3.05, 3.63) is 36.4 Å². The lowest BCUT2D eigenvalue weighted by molar-refractivity contribution is 0.268. The van der Waals surface area contributed by atoms with Crippen LogP contribution in [0.15, 0.2) is 35.8 Å². The lowest BCUT2D eigenvalue weighted by Gasteiger charge is -2.20. The first kappa shape index (κ1) is 27.0. The summed E-state index contributed by atoms with van der Waals surface area (Å²) in [7, 11) is 1.79. The first-order chi connectivity index (χ1) is 14.7. The molecule has 0 radical (unpaired) electrons. The van der Waals surface area contributed by atoms with Crippen LogP contribution < -0.4 is 20.1 Å². The third-order valence-corrected chi connectivity index (χ3v) is 4.57. The zero-order valence-corrected chi connectivity index (χ0v) is 21.5. The molecule has 0 spiro atoms. The van der Waals surface area contributed by atoms with Crippen LogP contribution in [0, 0.1) is 0 Å². The SMILES string of the molecule is CCCOc1ccc(C(C)NC(=NC)NCCCCn2cnnc2)cc1OCCC.I. The second kappa shape index (κ2) is 15.7. The molecule has 0 aliphatic rings. The minimum absolute atomic E-state index is 0. The Labute approximate surface area is 203 Å². The van der Waals surface area contributed by atoms with Gasteiger partial charge in [-0.25, -0.2) is 0 Å². The lowest BCUT2D eigenvalue weighted by Crippen LogP contribution is -2.39. The number of aliphatic imine (C=N–C) groups is 1. The summed E-state index contributed by atoms with van der Waals surface area (Å²) in [6.45, 7) is 9.44. The van der Waals surface area contributed by atoms with E-state index in [0.29, 0.717) is 13.2 Å². The van der Waals surface area contributed by atoms with E-state index in [4.69, 9.17) is 9.47 Å². The van der Waals surface area contributed by atoms with Crippen LogP contribution in [-0.4, -0.2) is 47.5 Å². The van der Waals surface area contributed by atoms with Gasteiger partial charge in [-0.1, -0.05) is 19.9 Å². The normalized spacial score (nSPS) is 12.1. The molecule has 1 heterocycles. The molecule has 0 bridgehead atoms. The smallest absolute Gasteiger partial charge is 0.191 e. The Hall–Kier alpha value is -2.04. The number of aryl methyl sites for hydroxylation is 1. The van der Waals surface area contributed by atoms with Gasteiger partial charge in [-0.15, -0.1) is 34.2 Å². The number of halogens is 1. The molecule has 2 aromatic rings. The zero-order chi connectivity index (χ0) is 21.6. The highest BCUT2D eigenvalue weighted by molar-refractivity contribution is 14.0. The van der Waals surface area contributed by atoms with Crippen LogP contribution in [-0.2, 0) is 6.54 Å². The van der Waals surface area contributed by atoms with Crippen LogP contribution >= 0.6 is 24.0 Å². The number of benzene rings is 1. The molecule has 2 N–H and O–H groups in total. The van der Waals surface area contributed by atoms with Crippen LogP contribution in [0.5, 0.6) is 11.5 Å². The summed E-state index contributed by atoms with van der Waals surface area (Å²) in [6, 6.07) is 6.21. The Morgan fingerprint density at radius 3 is 2.39 bits per heavy atom. The number of hydrogen-bond donors (Lipinski definition) is 2. The van der Waals surface area contributed by atoms with Crippen molar-refractivity contribution in [3.63, 3.8) is 0 Å². The van der Waals surface area contributed by atoms with Gasteiger partial charge >= 0.3 is 0 Å². The van der Waals surface area contributed by atoms with Gasteiger partial charge in [-0.05, 0) is 50.3 Å². The summed E-state index contributed by atoms with van der Waals surface area (Å²) in [5.74, 6) is 2.39. The van der Waals surface area contributed by atoms with Gasteiger partial charge in [0.25, 0.3) is 0 Å². The molecule has 0 fully saturated rings. The standard InChI is InChI=1S/C22H36N6O2.HI/c1-5-13-29-20-10-9-19(15-21(20)30-14-6-2)18(3)27-22(23-4)24-11-7-8-12-28-16-25-26-17-28;/h9-10,15-18H,5-8,11-14H2,1-4H3,(H2,23,24,27);1H. The van der Waals surface area contributed by atoms with Gasteiger partial charge in [0.2, 0.25) is 0 Å². The number of hydrogen-bond acceptors (Lipinski definition) is 5. The van der Waals surface area contributed by atoms with Crippen molar-refractivity contribution >= 4 is 29.9 Å². The van der Waals surface area contributed by atoms with E-state index in [-0.39, 0.29) is 30.0 Å². The molecular weight excluding hydrogens is 507 g/mol. The lowest BCUT2D eigenvalue weighted by atomic mass is 10.1. The van der Waals surface area contributed by atoms with Crippen molar-refractivity contribution in [3.8, 4) is 11.5 Å². The Balaban J connectivity index is 0.00000480. The fourth-order valence-electron chi connectivity index (χ4n) is 2.90. The number of rotatable bonds is 13. The molecule has 2 rings (SSSR count). The number of aromatic nitrogens is 3. The molecule has 0 amide bonds. The van der Waals surface area contributed by atoms with E-state index in [1.807, 2.05) is 10.6 Å². The van der Waals surface area contributed by atoms with Gasteiger partial charge in [-0.3, -0.25) is 4.99 Å². The van der Waals surface area contributed by atoms with Gasteiger partial charge in [0, 0.05) is 20.1 Å². The van der Waals surface area contributed by atoms with E-state index in [2.05, 4.69) is 58.7 Å². The van der Waals surface area contributed by atoms with Crippen molar-refractivity contribution in [1.29, 1.82) is 0 Å². The summed E-state index contributed by atoms with van der Waals surface area (Å²) in [6.07, 6.45) is 7.49. The molecule has 1 aromatic carbocycles. The van der Waals surface area contributed by atoms with Crippen molar-refractivity contribution in [2.45, 2.75) is 59.0 Å². The largest absolute Gasteiger partial charge is 0.490 e.